The van der Waals surface area contributed by atoms with Gasteiger partial charge >= 0.3 is 0 Å². The van der Waals surface area contributed by atoms with Gasteiger partial charge in [0.05, 0.1) is 18.9 Å². The minimum absolute atomic E-state index is 0.0289. The smallest absolute Gasteiger partial charge is 0.227 e. The Morgan fingerprint density at radius 3 is 1.89 bits per heavy atom. The van der Waals surface area contributed by atoms with E-state index in [1.807, 2.05) is 24.3 Å². The zero-order valence-electron chi connectivity index (χ0n) is 32.3. The number of ketones is 2. The van der Waals surface area contributed by atoms with Gasteiger partial charge in [-0.15, -0.1) is 0 Å². The summed E-state index contributed by atoms with van der Waals surface area (Å²) in [6.45, 7) is 9.55. The van der Waals surface area contributed by atoms with Gasteiger partial charge in [-0.1, -0.05) is 73.7 Å². The number of piperidine rings is 1. The van der Waals surface area contributed by atoms with E-state index in [1.54, 1.807) is 19.2 Å². The first-order chi connectivity index (χ1) is 26.7. The number of Topliss-reactive ketones (excluding diaryl/α,β-unsaturated/α-hetero) is 2. The number of piperazine rings is 1. The van der Waals surface area contributed by atoms with Gasteiger partial charge in [0.2, 0.25) is 5.91 Å². The average molecular weight is 739 g/mol. The number of phenolic OH excluding ortho intramolecular Hbond substituents is 1. The minimum Gasteiger partial charge on any atom is -0.508 e. The minimum atomic E-state index is -0.485. The molecule has 55 heavy (non-hydrogen) atoms. The summed E-state index contributed by atoms with van der Waals surface area (Å²) in [6.07, 6.45) is 4.27. The van der Waals surface area contributed by atoms with E-state index in [4.69, 9.17) is 0 Å². The van der Waals surface area contributed by atoms with Gasteiger partial charge in [0.1, 0.15) is 11.5 Å². The van der Waals surface area contributed by atoms with E-state index in [-0.39, 0.29) is 36.1 Å². The SMILES string of the molecule is CC/C(=C(\c1ccc(O)cc1)c1ccc(N2CCC(CN3CCN(c4ccc(CC(=O)N(C)C5CCC(=O)CC5=O)cc4)CC3)CC2)cc1)c1ccccc1. The number of amides is 1. The molecule has 3 fully saturated rings. The number of carbonyl (C=O) groups is 3. The fourth-order valence-corrected chi connectivity index (χ4v) is 8.64. The molecule has 1 aliphatic carbocycles. The molecule has 0 bridgehead atoms. The summed E-state index contributed by atoms with van der Waals surface area (Å²) in [7, 11) is 1.68. The highest BCUT2D eigenvalue weighted by Gasteiger charge is 2.32. The van der Waals surface area contributed by atoms with Crippen LogP contribution >= 0.6 is 0 Å². The number of phenols is 1. The Kier molecular flexibility index (Phi) is 12.1. The number of likely N-dealkylation sites (N-methyl/N-ethyl adjacent to an activating group) is 1. The van der Waals surface area contributed by atoms with Crippen LogP contribution in [-0.2, 0) is 20.8 Å². The summed E-state index contributed by atoms with van der Waals surface area (Å²) in [5.74, 6) is 0.712. The van der Waals surface area contributed by atoms with Gasteiger partial charge in [0.25, 0.3) is 0 Å². The van der Waals surface area contributed by atoms with Crippen LogP contribution in [0.4, 0.5) is 11.4 Å². The van der Waals surface area contributed by atoms with Crippen molar-refractivity contribution in [3.8, 4) is 5.75 Å². The quantitative estimate of drug-likeness (QED) is 0.126. The molecule has 0 radical (unpaired) electrons. The summed E-state index contributed by atoms with van der Waals surface area (Å²) in [5, 5.41) is 10.00. The Labute approximate surface area is 326 Å². The van der Waals surface area contributed by atoms with Gasteiger partial charge in [0.15, 0.2) is 5.78 Å². The summed E-state index contributed by atoms with van der Waals surface area (Å²) in [6, 6.07) is 35.1. The molecule has 4 aromatic rings. The van der Waals surface area contributed by atoms with Gasteiger partial charge < -0.3 is 19.8 Å². The van der Waals surface area contributed by atoms with Crippen molar-refractivity contribution in [1.82, 2.24) is 9.80 Å². The van der Waals surface area contributed by atoms with Crippen LogP contribution in [0.3, 0.4) is 0 Å². The molecule has 7 rings (SSSR count). The van der Waals surface area contributed by atoms with E-state index in [2.05, 4.69) is 88.4 Å². The number of nitrogens with zero attached hydrogens (tertiary/aromatic N) is 4. The molecule has 2 aliphatic heterocycles. The molecule has 8 nitrogen and oxygen atoms in total. The highest BCUT2D eigenvalue weighted by atomic mass is 16.3. The maximum absolute atomic E-state index is 12.9. The van der Waals surface area contributed by atoms with Crippen LogP contribution in [0.15, 0.2) is 103 Å². The van der Waals surface area contributed by atoms with E-state index in [0.29, 0.717) is 18.8 Å². The molecule has 0 spiro atoms. The van der Waals surface area contributed by atoms with Gasteiger partial charge in [-0.2, -0.15) is 0 Å². The van der Waals surface area contributed by atoms with Gasteiger partial charge in [0, 0.05) is 70.7 Å². The van der Waals surface area contributed by atoms with Gasteiger partial charge in [-0.3, -0.25) is 19.3 Å². The third kappa shape index (κ3) is 9.19. The van der Waals surface area contributed by atoms with Crippen molar-refractivity contribution in [2.75, 3.05) is 62.7 Å². The van der Waals surface area contributed by atoms with Crippen molar-refractivity contribution in [2.24, 2.45) is 5.92 Å². The van der Waals surface area contributed by atoms with Crippen molar-refractivity contribution < 1.29 is 19.5 Å². The number of hydrogen-bond acceptors (Lipinski definition) is 7. The largest absolute Gasteiger partial charge is 0.508 e. The average Bonchev–Trinajstić information content (AvgIpc) is 3.21. The zero-order chi connectivity index (χ0) is 38.3. The molecule has 0 aromatic heterocycles. The molecule has 3 aliphatic rings. The number of carbonyl (C=O) groups excluding carboxylic acids is 3. The van der Waals surface area contributed by atoms with Crippen LogP contribution < -0.4 is 9.80 Å². The number of rotatable bonds is 11. The Bertz CT molecular complexity index is 1960. The van der Waals surface area contributed by atoms with Crippen LogP contribution in [0.2, 0.25) is 0 Å². The fourth-order valence-electron chi connectivity index (χ4n) is 8.64. The van der Waals surface area contributed by atoms with Crippen LogP contribution in [0.25, 0.3) is 11.1 Å². The van der Waals surface area contributed by atoms with Crippen molar-refractivity contribution in [2.45, 2.75) is 57.9 Å². The van der Waals surface area contributed by atoms with E-state index in [0.717, 1.165) is 63.4 Å². The van der Waals surface area contributed by atoms with Crippen molar-refractivity contribution in [3.63, 3.8) is 0 Å². The molecule has 2 saturated heterocycles. The number of anilines is 2. The highest BCUT2D eigenvalue weighted by molar-refractivity contribution is 6.05. The summed E-state index contributed by atoms with van der Waals surface area (Å²) >= 11 is 0. The maximum atomic E-state index is 12.9. The number of allylic oxidation sites excluding steroid dienone is 1. The van der Waals surface area contributed by atoms with Crippen LogP contribution in [0.5, 0.6) is 5.75 Å². The lowest BCUT2D eigenvalue weighted by Gasteiger charge is -2.40. The first-order valence-corrected chi connectivity index (χ1v) is 20.1. The molecule has 2 heterocycles. The molecular formula is C47H54N4O4. The Morgan fingerprint density at radius 2 is 1.29 bits per heavy atom. The first-order valence-electron chi connectivity index (χ1n) is 20.1. The van der Waals surface area contributed by atoms with Crippen molar-refractivity contribution >= 4 is 40.0 Å². The second-order valence-electron chi connectivity index (χ2n) is 15.5. The predicted molar refractivity (Wildman–Crippen MR) is 221 cm³/mol. The number of hydrogen-bond donors (Lipinski definition) is 1. The second kappa shape index (κ2) is 17.5. The predicted octanol–water partition coefficient (Wildman–Crippen LogP) is 7.49. The highest BCUT2D eigenvalue weighted by Crippen LogP contribution is 2.36. The van der Waals surface area contributed by atoms with E-state index >= 15 is 0 Å². The Morgan fingerprint density at radius 1 is 0.709 bits per heavy atom. The molecule has 1 unspecified atom stereocenters. The van der Waals surface area contributed by atoms with Crippen molar-refractivity contribution in [1.29, 1.82) is 0 Å². The van der Waals surface area contributed by atoms with Crippen LogP contribution in [-0.4, -0.2) is 91.3 Å². The van der Waals surface area contributed by atoms with Gasteiger partial charge in [-0.25, -0.2) is 0 Å². The summed E-state index contributed by atoms with van der Waals surface area (Å²) in [5.41, 5.74) is 9.41. The molecule has 286 valence electrons. The fraction of sp³-hybridized carbons (Fsp3) is 0.383. The van der Waals surface area contributed by atoms with E-state index in [1.165, 1.54) is 51.4 Å². The monoisotopic (exact) mass is 738 g/mol. The van der Waals surface area contributed by atoms with Crippen LogP contribution in [0.1, 0.15) is 67.7 Å². The topological polar surface area (TPSA) is 84.4 Å². The molecule has 1 amide bonds. The third-order valence-corrected chi connectivity index (χ3v) is 11.9. The standard InChI is InChI=1S/C47H54N4O4/c1-3-43(36-7-5-4-6-8-36)47(38-13-19-41(52)20-14-38)37-11-17-40(18-12-37)50-25-23-35(24-26-50)33-49-27-29-51(30-28-49)39-15-9-34(10-16-39)31-46(55)48(2)44-22-21-42(53)32-45(44)54/h4-20,35,44,52H,3,21-33H2,1-2H3/b47-43+. The second-order valence-corrected chi connectivity index (χ2v) is 15.5. The number of benzene rings is 4. The molecule has 8 heteroatoms. The molecule has 1 N–H and O–H groups in total. The molecule has 4 aromatic carbocycles. The maximum Gasteiger partial charge on any atom is 0.227 e. The summed E-state index contributed by atoms with van der Waals surface area (Å²) in [4.78, 5) is 46.0. The van der Waals surface area contributed by atoms with Gasteiger partial charge in [-0.05, 0) is 101 Å². The molecule has 1 saturated carbocycles. The van der Waals surface area contributed by atoms with Crippen LogP contribution in [0, 0.1) is 5.92 Å². The number of aromatic hydroxyl groups is 1. The lowest BCUT2D eigenvalue weighted by molar-refractivity contribution is -0.141. The lowest BCUT2D eigenvalue weighted by atomic mass is 9.88. The van der Waals surface area contributed by atoms with Crippen molar-refractivity contribution in [3.05, 3.63) is 125 Å². The Hall–Kier alpha value is -5.21. The zero-order valence-corrected chi connectivity index (χ0v) is 32.3. The van der Waals surface area contributed by atoms with E-state index < -0.39 is 6.04 Å². The third-order valence-electron chi connectivity index (χ3n) is 11.9. The molecular weight excluding hydrogens is 685 g/mol. The Balaban J connectivity index is 0.889. The summed E-state index contributed by atoms with van der Waals surface area (Å²) < 4.78 is 0. The molecule has 1 atom stereocenters. The lowest BCUT2D eigenvalue weighted by Crippen LogP contribution is -2.49. The normalized spacial score (nSPS) is 19.0. The first kappa shape index (κ1) is 38.1. The van der Waals surface area contributed by atoms with E-state index in [9.17, 15) is 19.5 Å².